The largest absolute Gasteiger partial charge is 0.440 e. The molecule has 1 aromatic carbocycles. The van der Waals surface area contributed by atoms with Crippen LogP contribution >= 0.6 is 0 Å². The van der Waals surface area contributed by atoms with E-state index < -0.39 is 5.82 Å². The molecular weight excluding hydrogens is 309 g/mol. The summed E-state index contributed by atoms with van der Waals surface area (Å²) >= 11 is 0. The first-order valence-electron chi connectivity index (χ1n) is 7.78. The number of halogens is 1. The number of aryl methyl sites for hydroxylation is 1. The maximum absolute atomic E-state index is 14.0. The zero-order valence-corrected chi connectivity index (χ0v) is 13.5. The number of hydrogen-bond donors (Lipinski definition) is 0. The SMILES string of the molecule is [C-]#[N+]c1cc2c(cc1F)nc(N1CCN(C)CC1)c1nc(C)oc12. The van der Waals surface area contributed by atoms with E-state index in [4.69, 9.17) is 11.0 Å². The van der Waals surface area contributed by atoms with Crippen LogP contribution in [0.1, 0.15) is 5.89 Å². The average Bonchev–Trinajstić information content (AvgIpc) is 2.96. The number of anilines is 1. The minimum absolute atomic E-state index is 0.0352. The molecule has 24 heavy (non-hydrogen) atoms. The third-order valence-electron chi connectivity index (χ3n) is 4.41. The maximum atomic E-state index is 14.0. The third kappa shape index (κ3) is 2.27. The van der Waals surface area contributed by atoms with E-state index in [2.05, 4.69) is 31.7 Å². The van der Waals surface area contributed by atoms with Crippen molar-refractivity contribution in [3.63, 3.8) is 0 Å². The lowest BCUT2D eigenvalue weighted by molar-refractivity contribution is 0.312. The second kappa shape index (κ2) is 5.42. The summed E-state index contributed by atoms with van der Waals surface area (Å²) in [6, 6.07) is 2.80. The number of nitrogens with zero attached hydrogens (tertiary/aromatic N) is 5. The minimum atomic E-state index is -0.565. The Bertz CT molecular complexity index is 982. The Morgan fingerprint density at radius 2 is 1.96 bits per heavy atom. The Hall–Kier alpha value is -2.72. The van der Waals surface area contributed by atoms with Crippen LogP contribution in [0.15, 0.2) is 16.5 Å². The highest BCUT2D eigenvalue weighted by atomic mass is 19.1. The topological polar surface area (TPSA) is 49.8 Å². The lowest BCUT2D eigenvalue weighted by atomic mass is 10.1. The Morgan fingerprint density at radius 3 is 2.67 bits per heavy atom. The molecule has 3 aromatic rings. The summed E-state index contributed by atoms with van der Waals surface area (Å²) in [5.41, 5.74) is 1.69. The molecule has 0 aliphatic carbocycles. The van der Waals surface area contributed by atoms with Gasteiger partial charge >= 0.3 is 0 Å². The fraction of sp³-hybridized carbons (Fsp3) is 0.353. The molecule has 1 saturated heterocycles. The predicted molar refractivity (Wildman–Crippen MR) is 90.0 cm³/mol. The molecule has 0 amide bonds. The minimum Gasteiger partial charge on any atom is -0.440 e. The van der Waals surface area contributed by atoms with Crippen LogP contribution in [0.25, 0.3) is 26.8 Å². The first kappa shape index (κ1) is 14.8. The van der Waals surface area contributed by atoms with Gasteiger partial charge in [-0.3, -0.25) is 0 Å². The van der Waals surface area contributed by atoms with Gasteiger partial charge in [-0.2, -0.15) is 0 Å². The van der Waals surface area contributed by atoms with Gasteiger partial charge in [-0.05, 0) is 19.2 Å². The van der Waals surface area contributed by atoms with Crippen LogP contribution in [-0.2, 0) is 0 Å². The number of fused-ring (bicyclic) bond motifs is 3. The van der Waals surface area contributed by atoms with E-state index in [0.717, 1.165) is 32.0 Å². The quantitative estimate of drug-likeness (QED) is 0.643. The van der Waals surface area contributed by atoms with Crippen molar-refractivity contribution in [1.82, 2.24) is 14.9 Å². The molecule has 122 valence electrons. The van der Waals surface area contributed by atoms with E-state index in [1.807, 2.05) is 0 Å². The van der Waals surface area contributed by atoms with E-state index in [1.54, 1.807) is 6.92 Å². The predicted octanol–water partition coefficient (Wildman–Crippen LogP) is 3.13. The molecule has 0 bridgehead atoms. The van der Waals surface area contributed by atoms with Gasteiger partial charge in [0, 0.05) is 38.5 Å². The van der Waals surface area contributed by atoms with Gasteiger partial charge in [0.2, 0.25) is 5.69 Å². The zero-order valence-electron chi connectivity index (χ0n) is 13.5. The smallest absolute Gasteiger partial charge is 0.222 e. The molecule has 0 unspecified atom stereocenters. The van der Waals surface area contributed by atoms with Gasteiger partial charge in [0.1, 0.15) is 5.82 Å². The Balaban J connectivity index is 1.98. The van der Waals surface area contributed by atoms with Gasteiger partial charge in [-0.15, -0.1) is 0 Å². The van der Waals surface area contributed by atoms with Crippen molar-refractivity contribution < 1.29 is 8.81 Å². The summed E-state index contributed by atoms with van der Waals surface area (Å²) in [4.78, 5) is 16.8. The van der Waals surface area contributed by atoms with Gasteiger partial charge in [0.25, 0.3) is 0 Å². The molecule has 7 heteroatoms. The second-order valence-corrected chi connectivity index (χ2v) is 6.07. The number of benzene rings is 1. The fourth-order valence-corrected chi connectivity index (χ4v) is 3.08. The highest BCUT2D eigenvalue weighted by Crippen LogP contribution is 2.35. The van der Waals surface area contributed by atoms with Crippen LogP contribution in [0.4, 0.5) is 15.9 Å². The number of aromatic nitrogens is 2. The molecule has 0 radical (unpaired) electrons. The highest BCUT2D eigenvalue weighted by molar-refractivity contribution is 6.06. The van der Waals surface area contributed by atoms with E-state index in [-0.39, 0.29) is 5.69 Å². The van der Waals surface area contributed by atoms with Crippen molar-refractivity contribution >= 4 is 33.5 Å². The number of likely N-dealkylation sites (N-methyl/N-ethyl adjacent to an activating group) is 1. The lowest BCUT2D eigenvalue weighted by Gasteiger charge is -2.33. The summed E-state index contributed by atoms with van der Waals surface area (Å²) in [6.45, 7) is 12.4. The molecule has 6 nitrogen and oxygen atoms in total. The summed E-state index contributed by atoms with van der Waals surface area (Å²) < 4.78 is 19.8. The van der Waals surface area contributed by atoms with Crippen molar-refractivity contribution in [3.05, 3.63) is 35.3 Å². The van der Waals surface area contributed by atoms with Crippen LogP contribution in [-0.4, -0.2) is 48.1 Å². The van der Waals surface area contributed by atoms with Crippen molar-refractivity contribution in [3.8, 4) is 0 Å². The summed E-state index contributed by atoms with van der Waals surface area (Å²) in [5.74, 6) is 0.686. The van der Waals surface area contributed by atoms with Crippen LogP contribution < -0.4 is 4.90 Å². The zero-order chi connectivity index (χ0) is 16.8. The number of pyridine rings is 1. The molecule has 2 aromatic heterocycles. The van der Waals surface area contributed by atoms with E-state index >= 15 is 0 Å². The molecule has 0 atom stereocenters. The van der Waals surface area contributed by atoms with Crippen molar-refractivity contribution in [2.24, 2.45) is 0 Å². The molecular formula is C17H16FN5O. The molecule has 0 N–H and O–H groups in total. The number of hydrogen-bond acceptors (Lipinski definition) is 5. The molecule has 1 aliphatic heterocycles. The van der Waals surface area contributed by atoms with Gasteiger partial charge in [0.15, 0.2) is 22.8 Å². The first-order chi connectivity index (χ1) is 11.6. The monoisotopic (exact) mass is 325 g/mol. The van der Waals surface area contributed by atoms with Crippen LogP contribution in [0.5, 0.6) is 0 Å². The first-order valence-corrected chi connectivity index (χ1v) is 7.78. The molecule has 1 fully saturated rings. The highest BCUT2D eigenvalue weighted by Gasteiger charge is 2.22. The van der Waals surface area contributed by atoms with Gasteiger partial charge in [-0.25, -0.2) is 19.2 Å². The number of oxazole rings is 1. The van der Waals surface area contributed by atoms with E-state index in [0.29, 0.717) is 27.9 Å². The standard InChI is InChI=1S/C17H16FN5O/c1-10-20-15-16(24-10)11-8-14(19-2)12(18)9-13(11)21-17(15)23-6-4-22(3)5-7-23/h8-9H,4-7H2,1,3H3. The maximum Gasteiger partial charge on any atom is 0.222 e. The second-order valence-electron chi connectivity index (χ2n) is 6.07. The fourth-order valence-electron chi connectivity index (χ4n) is 3.08. The van der Waals surface area contributed by atoms with E-state index in [9.17, 15) is 4.39 Å². The summed E-state index contributed by atoms with van der Waals surface area (Å²) in [7, 11) is 2.09. The van der Waals surface area contributed by atoms with Crippen molar-refractivity contribution in [2.45, 2.75) is 6.92 Å². The normalized spacial score (nSPS) is 16.0. The molecule has 3 heterocycles. The van der Waals surface area contributed by atoms with Crippen LogP contribution in [0.2, 0.25) is 0 Å². The van der Waals surface area contributed by atoms with Crippen molar-refractivity contribution in [2.75, 3.05) is 38.1 Å². The molecule has 4 rings (SSSR count). The molecule has 0 spiro atoms. The molecule has 1 aliphatic rings. The Kier molecular flexibility index (Phi) is 3.36. The van der Waals surface area contributed by atoms with Crippen LogP contribution in [0.3, 0.4) is 0 Å². The number of rotatable bonds is 1. The molecule has 0 saturated carbocycles. The van der Waals surface area contributed by atoms with Gasteiger partial charge in [-0.1, -0.05) is 0 Å². The summed E-state index contributed by atoms with van der Waals surface area (Å²) in [6.07, 6.45) is 0. The lowest BCUT2D eigenvalue weighted by Crippen LogP contribution is -2.44. The average molecular weight is 325 g/mol. The Morgan fingerprint density at radius 1 is 1.21 bits per heavy atom. The van der Waals surface area contributed by atoms with Crippen LogP contribution in [0, 0.1) is 19.3 Å². The van der Waals surface area contributed by atoms with Gasteiger partial charge in [0.05, 0.1) is 12.1 Å². The van der Waals surface area contributed by atoms with Gasteiger partial charge < -0.3 is 14.2 Å². The van der Waals surface area contributed by atoms with E-state index in [1.165, 1.54) is 12.1 Å². The number of piperazine rings is 1. The third-order valence-corrected chi connectivity index (χ3v) is 4.41. The van der Waals surface area contributed by atoms with Crippen molar-refractivity contribution in [1.29, 1.82) is 0 Å². The Labute approximate surface area is 138 Å². The summed E-state index contributed by atoms with van der Waals surface area (Å²) in [5, 5.41) is 0.621.